The molecular formula is C123H109FN4+4. The van der Waals surface area contributed by atoms with Gasteiger partial charge in [0.2, 0.25) is 22.8 Å². The number of benzene rings is 16. The van der Waals surface area contributed by atoms with Gasteiger partial charge in [0.25, 0.3) is 0 Å². The molecule has 0 spiro atoms. The van der Waals surface area contributed by atoms with Crippen molar-refractivity contribution in [3.63, 3.8) is 0 Å². The first-order valence-electron chi connectivity index (χ1n) is 46.6. The fraction of sp³-hybridized carbons (Fsp3) is 0.122. The van der Waals surface area contributed by atoms with Crippen LogP contribution in [-0.4, -0.2) is 0 Å². The molecule has 0 aliphatic rings. The third-order valence-electron chi connectivity index (χ3n) is 25.4. The van der Waals surface area contributed by atoms with Gasteiger partial charge in [-0.3, -0.25) is 0 Å². The van der Waals surface area contributed by atoms with Crippen molar-refractivity contribution >= 4 is 43.1 Å². The second-order valence-electron chi connectivity index (χ2n) is 34.0. The van der Waals surface area contributed by atoms with Gasteiger partial charge in [-0.25, -0.2) is 8.96 Å². The maximum absolute atomic E-state index is 15.0. The summed E-state index contributed by atoms with van der Waals surface area (Å²) in [6.07, 6.45) is 0.216. The third-order valence-corrected chi connectivity index (χ3v) is 25.4. The monoisotopic (exact) mass is 1670 g/mol. The Labute approximate surface area is 761 Å². The van der Waals surface area contributed by atoms with Gasteiger partial charge in [0, 0.05) is 56.1 Å². The van der Waals surface area contributed by atoms with Crippen LogP contribution in [-0.2, 0) is 28.2 Å². The Balaban J connectivity index is 0.000000124. The van der Waals surface area contributed by atoms with Crippen molar-refractivity contribution in [2.45, 2.75) is 75.2 Å². The quantitative estimate of drug-likeness (QED) is 0.102. The van der Waals surface area contributed by atoms with Gasteiger partial charge in [0.05, 0.1) is 43.7 Å². The van der Waals surface area contributed by atoms with E-state index in [9.17, 15) is 4.39 Å². The molecule has 0 fully saturated rings. The molecule has 0 unspecified atom stereocenters. The number of aromatic nitrogens is 4. The molecule has 0 amide bonds. The van der Waals surface area contributed by atoms with Crippen LogP contribution in [0.5, 0.6) is 0 Å². The summed E-state index contributed by atoms with van der Waals surface area (Å²) in [6.45, 7) is 21.2. The molecule has 16 aromatic carbocycles. The van der Waals surface area contributed by atoms with E-state index in [0.717, 1.165) is 139 Å². The van der Waals surface area contributed by atoms with Crippen molar-refractivity contribution in [2.75, 3.05) is 0 Å². The van der Waals surface area contributed by atoms with Gasteiger partial charge in [-0.05, 0) is 258 Å². The van der Waals surface area contributed by atoms with E-state index in [0.29, 0.717) is 29.6 Å². The van der Waals surface area contributed by atoms with Gasteiger partial charge in [-0.1, -0.05) is 305 Å². The van der Waals surface area contributed by atoms with Gasteiger partial charge in [0.15, 0.2) is 23.3 Å². The summed E-state index contributed by atoms with van der Waals surface area (Å²) < 4.78 is 67.4. The summed E-state index contributed by atoms with van der Waals surface area (Å²) in [4.78, 5) is 0. The van der Waals surface area contributed by atoms with Crippen molar-refractivity contribution in [1.29, 1.82) is 0 Å². The topological polar surface area (TPSA) is 15.5 Å². The second-order valence-corrected chi connectivity index (χ2v) is 34.0. The minimum absolute atomic E-state index is 0.216. The van der Waals surface area contributed by atoms with E-state index in [1.165, 1.54) is 83.5 Å². The zero-order valence-electron chi connectivity index (χ0n) is 80.5. The van der Waals surface area contributed by atoms with Crippen molar-refractivity contribution in [3.8, 4) is 134 Å². The Morgan fingerprint density at radius 2 is 0.539 bits per heavy atom. The van der Waals surface area contributed by atoms with Gasteiger partial charge in [0.1, 0.15) is 35.4 Å². The number of aryl methyl sites for hydroxylation is 3. The molecule has 4 nitrogen and oxygen atoms in total. The van der Waals surface area contributed by atoms with E-state index in [4.69, 9.17) is 6.85 Å². The number of hydrogen-bond acceptors (Lipinski definition) is 0. The average molecular weight is 1670 g/mol. The first-order valence-corrected chi connectivity index (χ1v) is 44.1. The molecule has 4 heterocycles. The van der Waals surface area contributed by atoms with E-state index < -0.39 is 0 Å². The molecule has 0 saturated heterocycles. The molecule has 5 heteroatoms. The molecule has 0 N–H and O–H groups in total. The normalized spacial score (nSPS) is 11.7. The highest BCUT2D eigenvalue weighted by Crippen LogP contribution is 2.42. The molecule has 0 saturated carbocycles. The van der Waals surface area contributed by atoms with Gasteiger partial charge >= 0.3 is 0 Å². The molecule has 0 radical (unpaired) electrons. The number of pyridine rings is 4. The zero-order valence-corrected chi connectivity index (χ0v) is 75.5. The van der Waals surface area contributed by atoms with Crippen molar-refractivity contribution in [1.82, 2.24) is 0 Å². The van der Waals surface area contributed by atoms with Gasteiger partial charge < -0.3 is 0 Å². The smallest absolute Gasteiger partial charge is 0.206 e. The molecule has 0 aliphatic carbocycles. The van der Waals surface area contributed by atoms with Crippen molar-refractivity contribution in [3.05, 3.63) is 457 Å². The number of nitrogens with zero attached hydrogens (tertiary/aromatic N) is 4. The highest BCUT2D eigenvalue weighted by Gasteiger charge is 2.28. The van der Waals surface area contributed by atoms with Crippen LogP contribution in [0, 0.1) is 61.2 Å². The summed E-state index contributed by atoms with van der Waals surface area (Å²) in [5.74, 6) is 0.138. The highest BCUT2D eigenvalue weighted by atomic mass is 19.1. The lowest BCUT2D eigenvalue weighted by atomic mass is 9.87. The lowest BCUT2D eigenvalue weighted by Crippen LogP contribution is -2.35. The Hall–Kier alpha value is -14.9. The molecule has 128 heavy (non-hydrogen) atoms. The number of rotatable bonds is 13. The maximum Gasteiger partial charge on any atom is 0.220 e. The summed E-state index contributed by atoms with van der Waals surface area (Å²) in [6, 6.07) is 129. The lowest BCUT2D eigenvalue weighted by Gasteiger charge is -2.17. The van der Waals surface area contributed by atoms with Crippen LogP contribution in [0.15, 0.2) is 400 Å². The van der Waals surface area contributed by atoms with E-state index in [2.05, 4.69) is 336 Å². The molecular weight excluding hydrogens is 1550 g/mol. The molecule has 624 valence electrons. The Morgan fingerprint density at radius 3 is 0.914 bits per heavy atom. The van der Waals surface area contributed by atoms with E-state index in [-0.39, 0.29) is 18.0 Å². The zero-order chi connectivity index (χ0) is 93.2. The van der Waals surface area contributed by atoms with Gasteiger partial charge in [-0.2, -0.15) is 13.7 Å². The van der Waals surface area contributed by atoms with E-state index in [1.807, 2.05) is 143 Å². The Kier molecular flexibility index (Phi) is 23.1. The third kappa shape index (κ3) is 17.8. The number of hydrogen-bond donors (Lipinski definition) is 0. The fourth-order valence-electron chi connectivity index (χ4n) is 18.0. The Bertz CT molecular complexity index is 7810. The second kappa shape index (κ2) is 37.5. The first-order chi connectivity index (χ1) is 64.3. The SMILES string of the molecule is [2H]c1c(C)[n+](C)c(-c2cc(-c3ccccc3)c(F)cc2C)c2ccc(-c3ccccc3)cc12.[2H]c1c(C)[n+](C)c(-c2cc(-c3ccccc3)cc(C)c2C)c2ccc(-c3ccccc3)cc12.[2H]c1c(C)[n+](C)c(-c2ccc(-c3ccccc3)cc2C)c2ccc(-c3ccccc3)cc12.[2H]c1c([2H])[n+](C)c(-c2cc(-c3ccccc3)cc(C(C)C)c2C)c2ccc(-c3ccccc3)cc12. The molecule has 4 aromatic heterocycles. The molecule has 0 aliphatic heterocycles. The average Bonchev–Trinajstić information content (AvgIpc) is 0.756. The molecule has 20 rings (SSSR count). The lowest BCUT2D eigenvalue weighted by molar-refractivity contribution is -0.665. The molecule has 0 bridgehead atoms. The predicted molar refractivity (Wildman–Crippen MR) is 538 cm³/mol. The standard InChI is InChI=1S/C32H30N.C31H28N.C30H25FN.C30H26N/c1-22(2)30-20-28(25-13-9-6-10-14-25)21-31(23(30)3)32-29-16-15-26(24-11-7-5-8-12-24)19-27(29)17-18-33(32)4;1-21-17-27(25-13-9-6-10-14-25)20-30(23(21)3)31-29-16-15-26(24-11-7-5-8-12-24)19-28(29)18-22(2)32(31)4;1-20-16-29(31)28(23-12-8-5-9-13-23)19-27(20)30-26-15-14-24(22-10-6-4-7-11-22)18-25(26)17-21(2)32(30)3;1-21-18-25(23-10-6-4-7-11-23)14-16-28(21)30-29-17-15-26(24-12-8-5-9-13-24)20-27(29)19-22(2)31(30)3/h5-22H,1-4H3;5-20H,1-4H3;4-19H,1-3H3;4-20H,1-3H3/q4*+1/i17D,18D;18D;17D;19D. The van der Waals surface area contributed by atoms with Gasteiger partial charge in [-0.15, -0.1) is 0 Å². The minimum atomic E-state index is -0.227. The van der Waals surface area contributed by atoms with Crippen LogP contribution in [0.25, 0.3) is 177 Å². The number of fused-ring (bicyclic) bond motifs is 4. The first kappa shape index (κ1) is 79.0. The molecule has 0 atom stereocenters. The van der Waals surface area contributed by atoms with Crippen molar-refractivity contribution in [2.24, 2.45) is 28.2 Å². The van der Waals surface area contributed by atoms with Crippen LogP contribution in [0.4, 0.5) is 4.39 Å². The van der Waals surface area contributed by atoms with E-state index in [1.54, 1.807) is 6.07 Å². The van der Waals surface area contributed by atoms with Crippen LogP contribution >= 0.6 is 0 Å². The Morgan fingerprint density at radius 1 is 0.242 bits per heavy atom. The summed E-state index contributed by atoms with van der Waals surface area (Å²) in [5.41, 5.74) is 36.4. The van der Waals surface area contributed by atoms with Crippen LogP contribution in [0.1, 0.15) is 77.1 Å². The maximum atomic E-state index is 15.0. The number of halogens is 1. The van der Waals surface area contributed by atoms with E-state index >= 15 is 0 Å². The van der Waals surface area contributed by atoms with Crippen LogP contribution < -0.4 is 18.3 Å². The van der Waals surface area contributed by atoms with Crippen molar-refractivity contribution < 1.29 is 29.5 Å². The summed E-state index contributed by atoms with van der Waals surface area (Å²) in [7, 11) is 8.04. The van der Waals surface area contributed by atoms with Crippen LogP contribution in [0.2, 0.25) is 0 Å². The minimum Gasteiger partial charge on any atom is -0.206 e. The van der Waals surface area contributed by atoms with Crippen LogP contribution in [0.3, 0.4) is 0 Å². The highest BCUT2D eigenvalue weighted by molar-refractivity contribution is 6.01. The largest absolute Gasteiger partial charge is 0.220 e. The predicted octanol–water partition coefficient (Wildman–Crippen LogP) is 30.4. The fourth-order valence-corrected chi connectivity index (χ4v) is 18.0. The molecule has 20 aromatic rings. The summed E-state index contributed by atoms with van der Waals surface area (Å²) in [5, 5.41) is 7.89. The summed E-state index contributed by atoms with van der Waals surface area (Å²) >= 11 is 0.